The first-order chi connectivity index (χ1) is 17.9. The van der Waals surface area contributed by atoms with E-state index in [1.54, 1.807) is 25.1 Å². The lowest BCUT2D eigenvalue weighted by atomic mass is 9.93. The third-order valence-corrected chi connectivity index (χ3v) is 7.71. The molecule has 2 aromatic carbocycles. The van der Waals surface area contributed by atoms with E-state index in [9.17, 15) is 9.59 Å². The SMILES string of the molecule is CC1=C(C(=O)OCc2ccccc2)[C@@H](c2ccccc2F)N2C(CC(=O)N3CCN(C)CC3)=CSC2=N1. The van der Waals surface area contributed by atoms with Crippen molar-refractivity contribution in [3.05, 3.63) is 93.9 Å². The Morgan fingerprint density at radius 3 is 2.49 bits per heavy atom. The van der Waals surface area contributed by atoms with Crippen molar-refractivity contribution in [2.75, 3.05) is 33.2 Å². The Labute approximate surface area is 220 Å². The van der Waals surface area contributed by atoms with Gasteiger partial charge in [-0.25, -0.2) is 14.2 Å². The fourth-order valence-corrected chi connectivity index (χ4v) is 5.71. The van der Waals surface area contributed by atoms with Gasteiger partial charge in [0.15, 0.2) is 5.17 Å². The molecule has 0 N–H and O–H groups in total. The highest BCUT2D eigenvalue weighted by Crippen LogP contribution is 2.45. The molecular formula is C28H29FN4O3S. The smallest absolute Gasteiger partial charge is 0.338 e. The zero-order valence-corrected chi connectivity index (χ0v) is 21.7. The minimum Gasteiger partial charge on any atom is -0.457 e. The molecule has 0 radical (unpaired) electrons. The number of esters is 1. The van der Waals surface area contributed by atoms with E-state index in [-0.39, 0.29) is 24.5 Å². The Kier molecular flexibility index (Phi) is 7.43. The number of piperazine rings is 1. The van der Waals surface area contributed by atoms with Crippen LogP contribution in [0.25, 0.3) is 0 Å². The van der Waals surface area contributed by atoms with Crippen LogP contribution in [0.2, 0.25) is 0 Å². The highest BCUT2D eigenvalue weighted by molar-refractivity contribution is 8.16. The Bertz CT molecular complexity index is 1290. The number of hydrogen-bond donors (Lipinski definition) is 0. The maximum absolute atomic E-state index is 15.2. The zero-order chi connectivity index (χ0) is 25.9. The van der Waals surface area contributed by atoms with E-state index in [0.717, 1.165) is 18.7 Å². The molecule has 0 unspecified atom stereocenters. The van der Waals surface area contributed by atoms with Crippen LogP contribution >= 0.6 is 11.8 Å². The number of ether oxygens (including phenoxy) is 1. The predicted octanol–water partition coefficient (Wildman–Crippen LogP) is 4.31. The second-order valence-electron chi connectivity index (χ2n) is 9.34. The molecule has 3 aliphatic rings. The zero-order valence-electron chi connectivity index (χ0n) is 20.9. The molecule has 2 aromatic rings. The molecule has 7 nitrogen and oxygen atoms in total. The Balaban J connectivity index is 1.44. The number of thioether (sulfide) groups is 1. The second kappa shape index (κ2) is 10.9. The van der Waals surface area contributed by atoms with Gasteiger partial charge in [-0.05, 0) is 31.0 Å². The highest BCUT2D eigenvalue weighted by atomic mass is 32.2. The topological polar surface area (TPSA) is 65.5 Å². The molecule has 1 atom stereocenters. The standard InChI is InChI=1S/C28H29FN4O3S/c1-19-25(27(35)36-17-20-8-4-3-5-9-20)26(22-10-6-7-11-23(22)29)33-21(18-37-28(33)30-19)16-24(34)32-14-12-31(2)13-15-32/h3-11,18,26H,12-17H2,1-2H3/t26-/m1/s1. The molecule has 37 heavy (non-hydrogen) atoms. The molecule has 0 spiro atoms. The molecule has 192 valence electrons. The summed E-state index contributed by atoms with van der Waals surface area (Å²) in [7, 11) is 2.04. The van der Waals surface area contributed by atoms with Crippen LogP contribution in [0.4, 0.5) is 4.39 Å². The number of hydrogen-bond acceptors (Lipinski definition) is 7. The van der Waals surface area contributed by atoms with E-state index in [1.165, 1.54) is 17.8 Å². The molecule has 1 fully saturated rings. The van der Waals surface area contributed by atoms with E-state index >= 15 is 4.39 Å². The monoisotopic (exact) mass is 520 g/mol. The Morgan fingerprint density at radius 2 is 1.76 bits per heavy atom. The summed E-state index contributed by atoms with van der Waals surface area (Å²) < 4.78 is 20.9. The van der Waals surface area contributed by atoms with Gasteiger partial charge in [0.2, 0.25) is 5.91 Å². The lowest BCUT2D eigenvalue weighted by Gasteiger charge is -2.37. The van der Waals surface area contributed by atoms with E-state index in [2.05, 4.69) is 9.89 Å². The summed E-state index contributed by atoms with van der Waals surface area (Å²) >= 11 is 1.38. The van der Waals surface area contributed by atoms with Gasteiger partial charge in [-0.1, -0.05) is 60.3 Å². The molecular weight excluding hydrogens is 491 g/mol. The van der Waals surface area contributed by atoms with Gasteiger partial charge in [-0.3, -0.25) is 4.79 Å². The maximum Gasteiger partial charge on any atom is 0.338 e. The van der Waals surface area contributed by atoms with Crippen LogP contribution in [0.15, 0.2) is 82.0 Å². The molecule has 0 saturated carbocycles. The maximum atomic E-state index is 15.2. The summed E-state index contributed by atoms with van der Waals surface area (Å²) in [4.78, 5) is 37.2. The number of likely N-dealkylation sites (N-methyl/N-ethyl adjacent to an activating group) is 1. The first-order valence-corrected chi connectivity index (χ1v) is 13.2. The van der Waals surface area contributed by atoms with Crippen molar-refractivity contribution >= 4 is 28.8 Å². The highest BCUT2D eigenvalue weighted by Gasteiger charge is 2.42. The number of aliphatic imine (C=N–C) groups is 1. The summed E-state index contributed by atoms with van der Waals surface area (Å²) in [6.45, 7) is 4.83. The number of halogens is 1. The number of fused-ring (bicyclic) bond motifs is 1. The van der Waals surface area contributed by atoms with E-state index in [1.807, 2.05) is 52.6 Å². The summed E-state index contributed by atoms with van der Waals surface area (Å²) in [6, 6.07) is 15.0. The normalized spacial score (nSPS) is 19.9. The predicted molar refractivity (Wildman–Crippen MR) is 142 cm³/mol. The van der Waals surface area contributed by atoms with Gasteiger partial charge in [0.1, 0.15) is 12.4 Å². The molecule has 9 heteroatoms. The van der Waals surface area contributed by atoms with Crippen molar-refractivity contribution in [3.8, 4) is 0 Å². The summed E-state index contributed by atoms with van der Waals surface area (Å²) in [6.07, 6.45) is 0.145. The van der Waals surface area contributed by atoms with Crippen molar-refractivity contribution in [2.24, 2.45) is 4.99 Å². The largest absolute Gasteiger partial charge is 0.457 e. The lowest BCUT2D eigenvalue weighted by molar-refractivity contribution is -0.141. The minimum atomic E-state index is -0.793. The van der Waals surface area contributed by atoms with Crippen molar-refractivity contribution in [1.82, 2.24) is 14.7 Å². The first-order valence-electron chi connectivity index (χ1n) is 12.3. The molecule has 0 bridgehead atoms. The van der Waals surface area contributed by atoms with Gasteiger partial charge in [-0.2, -0.15) is 0 Å². The van der Waals surface area contributed by atoms with Crippen LogP contribution in [0.5, 0.6) is 0 Å². The molecule has 5 rings (SSSR count). The van der Waals surface area contributed by atoms with Crippen LogP contribution in [-0.4, -0.2) is 65.0 Å². The van der Waals surface area contributed by atoms with Crippen molar-refractivity contribution in [2.45, 2.75) is 26.0 Å². The van der Waals surface area contributed by atoms with Crippen LogP contribution in [0.3, 0.4) is 0 Å². The van der Waals surface area contributed by atoms with Crippen molar-refractivity contribution < 1.29 is 18.7 Å². The molecule has 0 aliphatic carbocycles. The fourth-order valence-electron chi connectivity index (χ4n) is 4.75. The van der Waals surface area contributed by atoms with Gasteiger partial charge < -0.3 is 19.4 Å². The number of amides is 1. The van der Waals surface area contributed by atoms with E-state index < -0.39 is 17.8 Å². The molecule has 3 heterocycles. The molecule has 3 aliphatic heterocycles. The summed E-state index contributed by atoms with van der Waals surface area (Å²) in [5, 5.41) is 2.50. The van der Waals surface area contributed by atoms with Gasteiger partial charge >= 0.3 is 5.97 Å². The minimum absolute atomic E-state index is 0.00737. The van der Waals surface area contributed by atoms with Crippen LogP contribution in [0, 0.1) is 5.82 Å². The number of carbonyl (C=O) groups is 2. The van der Waals surface area contributed by atoms with Gasteiger partial charge in [0.25, 0.3) is 0 Å². The van der Waals surface area contributed by atoms with Gasteiger partial charge in [0, 0.05) is 37.4 Å². The Hall–Kier alpha value is -3.43. The van der Waals surface area contributed by atoms with Gasteiger partial charge in [-0.15, -0.1) is 0 Å². The number of nitrogens with zero attached hydrogens (tertiary/aromatic N) is 4. The number of carbonyl (C=O) groups excluding carboxylic acids is 2. The quantitative estimate of drug-likeness (QED) is 0.529. The number of benzene rings is 2. The summed E-state index contributed by atoms with van der Waals surface area (Å²) in [5.74, 6) is -0.983. The number of allylic oxidation sites excluding steroid dienone is 1. The van der Waals surface area contributed by atoms with Crippen LogP contribution < -0.4 is 0 Å². The fraction of sp³-hybridized carbons (Fsp3) is 0.321. The number of amidine groups is 1. The van der Waals surface area contributed by atoms with Crippen molar-refractivity contribution in [3.63, 3.8) is 0 Å². The van der Waals surface area contributed by atoms with E-state index in [0.29, 0.717) is 35.2 Å². The van der Waals surface area contributed by atoms with Crippen LogP contribution in [-0.2, 0) is 20.9 Å². The Morgan fingerprint density at radius 1 is 1.05 bits per heavy atom. The number of rotatable bonds is 6. The lowest BCUT2D eigenvalue weighted by Crippen LogP contribution is -2.47. The van der Waals surface area contributed by atoms with E-state index in [4.69, 9.17) is 4.74 Å². The molecule has 1 saturated heterocycles. The van der Waals surface area contributed by atoms with Crippen molar-refractivity contribution in [1.29, 1.82) is 0 Å². The molecule has 1 amide bonds. The average Bonchev–Trinajstić information content (AvgIpc) is 3.29. The first kappa shape index (κ1) is 25.2. The van der Waals surface area contributed by atoms with Crippen LogP contribution in [0.1, 0.15) is 30.5 Å². The summed E-state index contributed by atoms with van der Waals surface area (Å²) in [5.41, 5.74) is 2.63. The molecule has 0 aromatic heterocycles. The second-order valence-corrected chi connectivity index (χ2v) is 10.2. The average molecular weight is 521 g/mol. The van der Waals surface area contributed by atoms with Gasteiger partial charge in [0.05, 0.1) is 23.7 Å². The third kappa shape index (κ3) is 5.33. The third-order valence-electron chi connectivity index (χ3n) is 6.82.